The van der Waals surface area contributed by atoms with E-state index in [0.717, 1.165) is 24.4 Å². The van der Waals surface area contributed by atoms with Gasteiger partial charge in [0, 0.05) is 17.8 Å². The standard InChI is InChI=1S/C16H27N3O/c1-16(2,19-8-6-4-5-7-9-19)15(17)13-10-14(20-3)12-18-11-13/h10-12,15H,4-9,17H2,1-3H3. The SMILES string of the molecule is COc1cncc(C(N)C(C)(C)N2CCCCCC2)c1. The van der Waals surface area contributed by atoms with Gasteiger partial charge in [0.05, 0.1) is 13.3 Å². The number of hydrogen-bond donors (Lipinski definition) is 1. The molecule has 1 aromatic heterocycles. The van der Waals surface area contributed by atoms with Crippen molar-refractivity contribution in [1.29, 1.82) is 0 Å². The summed E-state index contributed by atoms with van der Waals surface area (Å²) in [5.41, 5.74) is 7.51. The molecule has 1 aliphatic heterocycles. The lowest BCUT2D eigenvalue weighted by molar-refractivity contribution is 0.0978. The summed E-state index contributed by atoms with van der Waals surface area (Å²) in [6.45, 7) is 6.75. The second kappa shape index (κ2) is 6.55. The van der Waals surface area contributed by atoms with Gasteiger partial charge in [0.1, 0.15) is 5.75 Å². The molecule has 1 atom stereocenters. The molecule has 1 aliphatic rings. The first-order valence-corrected chi connectivity index (χ1v) is 7.55. The molecule has 2 N–H and O–H groups in total. The van der Waals surface area contributed by atoms with E-state index in [9.17, 15) is 0 Å². The van der Waals surface area contributed by atoms with E-state index >= 15 is 0 Å². The molecular formula is C16H27N3O. The highest BCUT2D eigenvalue weighted by Gasteiger charge is 2.34. The Bertz CT molecular complexity index is 425. The van der Waals surface area contributed by atoms with Crippen LogP contribution in [0.5, 0.6) is 5.75 Å². The largest absolute Gasteiger partial charge is 0.495 e. The van der Waals surface area contributed by atoms with Gasteiger partial charge in [0.15, 0.2) is 0 Å². The van der Waals surface area contributed by atoms with Crippen LogP contribution in [0.3, 0.4) is 0 Å². The summed E-state index contributed by atoms with van der Waals surface area (Å²) >= 11 is 0. The van der Waals surface area contributed by atoms with Gasteiger partial charge in [0.25, 0.3) is 0 Å². The molecule has 0 amide bonds. The van der Waals surface area contributed by atoms with Crippen LogP contribution < -0.4 is 10.5 Å². The van der Waals surface area contributed by atoms with Gasteiger partial charge in [-0.3, -0.25) is 9.88 Å². The summed E-state index contributed by atoms with van der Waals surface area (Å²) < 4.78 is 5.25. The molecule has 2 rings (SSSR count). The molecular weight excluding hydrogens is 250 g/mol. The topological polar surface area (TPSA) is 51.4 Å². The number of ether oxygens (including phenoxy) is 1. The fourth-order valence-electron chi connectivity index (χ4n) is 2.97. The molecule has 1 saturated heterocycles. The van der Waals surface area contributed by atoms with E-state index in [1.165, 1.54) is 25.7 Å². The molecule has 0 radical (unpaired) electrons. The van der Waals surface area contributed by atoms with Crippen molar-refractivity contribution in [2.45, 2.75) is 51.1 Å². The lowest BCUT2D eigenvalue weighted by Crippen LogP contribution is -2.51. The van der Waals surface area contributed by atoms with Gasteiger partial charge in [0.2, 0.25) is 0 Å². The lowest BCUT2D eigenvalue weighted by Gasteiger charge is -2.42. The number of hydrogen-bond acceptors (Lipinski definition) is 4. The Morgan fingerprint density at radius 1 is 1.20 bits per heavy atom. The monoisotopic (exact) mass is 277 g/mol. The molecule has 0 spiro atoms. The Balaban J connectivity index is 2.17. The Kier molecular flexibility index (Phi) is 5.00. The first-order valence-electron chi connectivity index (χ1n) is 7.55. The molecule has 1 unspecified atom stereocenters. The summed E-state index contributed by atoms with van der Waals surface area (Å²) in [5.74, 6) is 0.768. The summed E-state index contributed by atoms with van der Waals surface area (Å²) in [4.78, 5) is 6.76. The predicted octanol–water partition coefficient (Wildman–Crippen LogP) is 2.74. The molecule has 4 heteroatoms. The Labute approximate surface area is 122 Å². The third-order valence-electron chi connectivity index (χ3n) is 4.51. The predicted molar refractivity (Wildman–Crippen MR) is 81.8 cm³/mol. The Morgan fingerprint density at radius 3 is 2.45 bits per heavy atom. The van der Waals surface area contributed by atoms with Gasteiger partial charge in [-0.05, 0) is 51.4 Å². The maximum absolute atomic E-state index is 6.54. The number of nitrogens with two attached hydrogens (primary N) is 1. The second-order valence-electron chi connectivity index (χ2n) is 6.19. The van der Waals surface area contributed by atoms with Gasteiger partial charge >= 0.3 is 0 Å². The number of aromatic nitrogens is 1. The van der Waals surface area contributed by atoms with Crippen LogP contribution in [-0.4, -0.2) is 35.6 Å². The fourth-order valence-corrected chi connectivity index (χ4v) is 2.97. The van der Waals surface area contributed by atoms with Crippen molar-refractivity contribution >= 4 is 0 Å². The molecule has 20 heavy (non-hydrogen) atoms. The van der Waals surface area contributed by atoms with Crippen molar-refractivity contribution in [2.75, 3.05) is 20.2 Å². The number of nitrogens with zero attached hydrogens (tertiary/aromatic N) is 2. The second-order valence-corrected chi connectivity index (χ2v) is 6.19. The molecule has 4 nitrogen and oxygen atoms in total. The highest BCUT2D eigenvalue weighted by Crippen LogP contribution is 2.31. The van der Waals surface area contributed by atoms with Gasteiger partial charge < -0.3 is 10.5 Å². The Morgan fingerprint density at radius 2 is 1.85 bits per heavy atom. The Hall–Kier alpha value is -1.13. The molecule has 0 saturated carbocycles. The van der Waals surface area contributed by atoms with Crippen molar-refractivity contribution in [3.8, 4) is 5.75 Å². The zero-order valence-electron chi connectivity index (χ0n) is 12.9. The number of methoxy groups -OCH3 is 1. The average molecular weight is 277 g/mol. The van der Waals surface area contributed by atoms with E-state index in [-0.39, 0.29) is 11.6 Å². The zero-order chi connectivity index (χ0) is 14.6. The van der Waals surface area contributed by atoms with Crippen LogP contribution in [0.25, 0.3) is 0 Å². The molecule has 0 aliphatic carbocycles. The molecule has 2 heterocycles. The molecule has 0 aromatic carbocycles. The van der Waals surface area contributed by atoms with Crippen LogP contribution in [-0.2, 0) is 0 Å². The molecule has 0 bridgehead atoms. The highest BCUT2D eigenvalue weighted by atomic mass is 16.5. The van der Waals surface area contributed by atoms with E-state index in [1.54, 1.807) is 13.3 Å². The van der Waals surface area contributed by atoms with Gasteiger partial charge in [-0.25, -0.2) is 0 Å². The van der Waals surface area contributed by atoms with Crippen molar-refractivity contribution in [3.63, 3.8) is 0 Å². The van der Waals surface area contributed by atoms with Crippen LogP contribution in [0.4, 0.5) is 0 Å². The van der Waals surface area contributed by atoms with Gasteiger partial charge in [-0.1, -0.05) is 12.8 Å². The minimum atomic E-state index is -0.0710. The van der Waals surface area contributed by atoms with Crippen LogP contribution in [0.1, 0.15) is 51.1 Å². The smallest absolute Gasteiger partial charge is 0.137 e. The van der Waals surface area contributed by atoms with E-state index in [2.05, 4.69) is 23.7 Å². The summed E-state index contributed by atoms with van der Waals surface area (Å²) in [6, 6.07) is 1.93. The highest BCUT2D eigenvalue weighted by molar-refractivity contribution is 5.27. The van der Waals surface area contributed by atoms with Crippen LogP contribution >= 0.6 is 0 Å². The van der Waals surface area contributed by atoms with Gasteiger partial charge in [-0.15, -0.1) is 0 Å². The van der Waals surface area contributed by atoms with Crippen molar-refractivity contribution in [2.24, 2.45) is 5.73 Å². The minimum Gasteiger partial charge on any atom is -0.495 e. The summed E-state index contributed by atoms with van der Waals surface area (Å²) in [6.07, 6.45) is 8.78. The van der Waals surface area contributed by atoms with E-state index < -0.39 is 0 Å². The van der Waals surface area contributed by atoms with Crippen LogP contribution in [0, 0.1) is 0 Å². The number of likely N-dealkylation sites (tertiary alicyclic amines) is 1. The molecule has 1 aromatic rings. The van der Waals surface area contributed by atoms with E-state index in [4.69, 9.17) is 10.5 Å². The average Bonchev–Trinajstić information content (AvgIpc) is 2.76. The van der Waals surface area contributed by atoms with Crippen molar-refractivity contribution in [3.05, 3.63) is 24.0 Å². The first-order chi connectivity index (χ1) is 9.55. The third-order valence-corrected chi connectivity index (χ3v) is 4.51. The zero-order valence-corrected chi connectivity index (χ0v) is 12.9. The molecule has 112 valence electrons. The quantitative estimate of drug-likeness (QED) is 0.919. The van der Waals surface area contributed by atoms with E-state index in [0.29, 0.717) is 0 Å². The van der Waals surface area contributed by atoms with Crippen LogP contribution in [0.2, 0.25) is 0 Å². The van der Waals surface area contributed by atoms with Crippen molar-refractivity contribution in [1.82, 2.24) is 9.88 Å². The third kappa shape index (κ3) is 3.30. The van der Waals surface area contributed by atoms with Crippen LogP contribution in [0.15, 0.2) is 18.5 Å². The maximum Gasteiger partial charge on any atom is 0.137 e. The fraction of sp³-hybridized carbons (Fsp3) is 0.688. The maximum atomic E-state index is 6.54. The number of pyridine rings is 1. The summed E-state index contributed by atoms with van der Waals surface area (Å²) in [7, 11) is 1.66. The van der Waals surface area contributed by atoms with Gasteiger partial charge in [-0.2, -0.15) is 0 Å². The normalized spacial score (nSPS) is 19.4. The molecule has 1 fully saturated rings. The minimum absolute atomic E-state index is 0.0665. The van der Waals surface area contributed by atoms with Crippen molar-refractivity contribution < 1.29 is 4.74 Å². The van der Waals surface area contributed by atoms with E-state index in [1.807, 2.05) is 12.3 Å². The summed E-state index contributed by atoms with van der Waals surface area (Å²) in [5, 5.41) is 0. The first kappa shape index (κ1) is 15.3. The number of rotatable bonds is 4. The lowest BCUT2D eigenvalue weighted by atomic mass is 9.88.